The Labute approximate surface area is 118 Å². The Morgan fingerprint density at radius 1 is 1.15 bits per heavy atom. The Balaban J connectivity index is 1.74. The summed E-state index contributed by atoms with van der Waals surface area (Å²) in [6.07, 6.45) is 2.12. The van der Waals surface area contributed by atoms with Crippen molar-refractivity contribution in [1.82, 2.24) is 4.90 Å². The molecule has 1 aromatic rings. The van der Waals surface area contributed by atoms with E-state index in [9.17, 15) is 8.78 Å². The summed E-state index contributed by atoms with van der Waals surface area (Å²) in [5.74, 6) is -0.342. The van der Waals surface area contributed by atoms with Gasteiger partial charge in [-0.3, -0.25) is 4.90 Å². The standard InChI is InChI=1S/C16H21F2NO/c1-11-9-19(13-4-6-20-7-5-13)10-15(11)14-3-2-12(17)8-16(14)18/h2-3,8,11,13,15H,4-7,9-10H2,1H3. The molecule has 0 radical (unpaired) electrons. The summed E-state index contributed by atoms with van der Waals surface area (Å²) in [5, 5.41) is 0. The van der Waals surface area contributed by atoms with E-state index in [4.69, 9.17) is 4.74 Å². The minimum atomic E-state index is -0.502. The van der Waals surface area contributed by atoms with Crippen LogP contribution < -0.4 is 0 Å². The van der Waals surface area contributed by atoms with Crippen LogP contribution in [0.3, 0.4) is 0 Å². The average molecular weight is 281 g/mol. The molecule has 0 aromatic heterocycles. The van der Waals surface area contributed by atoms with Crippen LogP contribution in [0.5, 0.6) is 0 Å². The molecule has 0 bridgehead atoms. The summed E-state index contributed by atoms with van der Waals surface area (Å²) in [7, 11) is 0. The maximum atomic E-state index is 14.0. The number of halogens is 2. The zero-order valence-corrected chi connectivity index (χ0v) is 11.8. The van der Waals surface area contributed by atoms with Crippen LogP contribution in [0.15, 0.2) is 18.2 Å². The van der Waals surface area contributed by atoms with Crippen LogP contribution in [0.25, 0.3) is 0 Å². The fourth-order valence-corrected chi connectivity index (χ4v) is 3.56. The average Bonchev–Trinajstić information content (AvgIpc) is 2.82. The lowest BCUT2D eigenvalue weighted by molar-refractivity contribution is 0.0410. The van der Waals surface area contributed by atoms with Gasteiger partial charge >= 0.3 is 0 Å². The van der Waals surface area contributed by atoms with Gasteiger partial charge in [-0.25, -0.2) is 8.78 Å². The Kier molecular flexibility index (Phi) is 4.03. The van der Waals surface area contributed by atoms with E-state index in [1.54, 1.807) is 6.07 Å². The number of benzene rings is 1. The molecule has 110 valence electrons. The van der Waals surface area contributed by atoms with Gasteiger partial charge in [-0.05, 0) is 30.4 Å². The Bertz CT molecular complexity index is 474. The van der Waals surface area contributed by atoms with Gasteiger partial charge < -0.3 is 4.74 Å². The monoisotopic (exact) mass is 281 g/mol. The lowest BCUT2D eigenvalue weighted by Gasteiger charge is -2.31. The van der Waals surface area contributed by atoms with Crippen LogP contribution in [0, 0.1) is 17.6 Å². The van der Waals surface area contributed by atoms with Gasteiger partial charge in [0.15, 0.2) is 0 Å². The van der Waals surface area contributed by atoms with E-state index >= 15 is 0 Å². The molecule has 0 amide bonds. The van der Waals surface area contributed by atoms with Crippen LogP contribution in [0.1, 0.15) is 31.2 Å². The first-order chi connectivity index (χ1) is 9.65. The number of hydrogen-bond acceptors (Lipinski definition) is 2. The summed E-state index contributed by atoms with van der Waals surface area (Å²) in [5.41, 5.74) is 0.661. The van der Waals surface area contributed by atoms with Crippen LogP contribution in [0.4, 0.5) is 8.78 Å². The molecule has 2 fully saturated rings. The maximum absolute atomic E-state index is 14.0. The Hall–Kier alpha value is -1.00. The predicted octanol–water partition coefficient (Wildman–Crippen LogP) is 3.18. The maximum Gasteiger partial charge on any atom is 0.129 e. The number of nitrogens with zero attached hydrogens (tertiary/aromatic N) is 1. The van der Waals surface area contributed by atoms with Crippen LogP contribution in [0.2, 0.25) is 0 Å². The summed E-state index contributed by atoms with van der Waals surface area (Å²) < 4.78 is 32.4. The highest BCUT2D eigenvalue weighted by Crippen LogP contribution is 2.36. The van der Waals surface area contributed by atoms with Crippen molar-refractivity contribution in [2.75, 3.05) is 26.3 Å². The molecule has 2 aliphatic heterocycles. The zero-order chi connectivity index (χ0) is 14.1. The first-order valence-electron chi connectivity index (χ1n) is 7.42. The van der Waals surface area contributed by atoms with Gasteiger partial charge in [0.25, 0.3) is 0 Å². The number of ether oxygens (including phenoxy) is 1. The highest BCUT2D eigenvalue weighted by Gasteiger charge is 2.36. The van der Waals surface area contributed by atoms with Crippen molar-refractivity contribution in [2.45, 2.75) is 31.7 Å². The second-order valence-electron chi connectivity index (χ2n) is 6.05. The van der Waals surface area contributed by atoms with E-state index in [0.717, 1.165) is 45.2 Å². The smallest absolute Gasteiger partial charge is 0.129 e. The van der Waals surface area contributed by atoms with Crippen molar-refractivity contribution in [2.24, 2.45) is 5.92 Å². The molecule has 0 aliphatic carbocycles. The van der Waals surface area contributed by atoms with Gasteiger partial charge in [0, 0.05) is 44.3 Å². The van der Waals surface area contributed by atoms with Crippen LogP contribution in [-0.4, -0.2) is 37.2 Å². The third-order valence-corrected chi connectivity index (χ3v) is 4.71. The molecule has 2 saturated heterocycles. The Morgan fingerprint density at radius 3 is 2.60 bits per heavy atom. The van der Waals surface area contributed by atoms with Gasteiger partial charge in [0.1, 0.15) is 11.6 Å². The SMILES string of the molecule is CC1CN(C2CCOCC2)CC1c1ccc(F)cc1F. The minimum Gasteiger partial charge on any atom is -0.381 e. The second-order valence-corrected chi connectivity index (χ2v) is 6.05. The van der Waals surface area contributed by atoms with Gasteiger partial charge in [0.05, 0.1) is 0 Å². The van der Waals surface area contributed by atoms with Crippen molar-refractivity contribution in [3.63, 3.8) is 0 Å². The fourth-order valence-electron chi connectivity index (χ4n) is 3.56. The lowest BCUT2D eigenvalue weighted by Crippen LogP contribution is -2.38. The fraction of sp³-hybridized carbons (Fsp3) is 0.625. The molecule has 2 aliphatic rings. The summed E-state index contributed by atoms with van der Waals surface area (Å²) in [6, 6.07) is 4.53. The van der Waals surface area contributed by atoms with Crippen molar-refractivity contribution in [1.29, 1.82) is 0 Å². The van der Waals surface area contributed by atoms with Gasteiger partial charge in [-0.15, -0.1) is 0 Å². The number of hydrogen-bond donors (Lipinski definition) is 0. The first-order valence-corrected chi connectivity index (χ1v) is 7.42. The molecule has 2 atom stereocenters. The summed E-state index contributed by atoms with van der Waals surface area (Å²) in [6.45, 7) is 5.67. The summed E-state index contributed by atoms with van der Waals surface area (Å²) >= 11 is 0. The molecule has 2 heterocycles. The van der Waals surface area contributed by atoms with E-state index in [-0.39, 0.29) is 5.92 Å². The first kappa shape index (κ1) is 14.0. The van der Waals surface area contributed by atoms with E-state index in [1.807, 2.05) is 0 Å². The highest BCUT2D eigenvalue weighted by molar-refractivity contribution is 5.25. The van der Waals surface area contributed by atoms with Crippen molar-refractivity contribution < 1.29 is 13.5 Å². The molecule has 4 heteroatoms. The molecule has 0 N–H and O–H groups in total. The van der Waals surface area contributed by atoms with Crippen molar-refractivity contribution in [3.05, 3.63) is 35.4 Å². The van der Waals surface area contributed by atoms with Crippen molar-refractivity contribution in [3.8, 4) is 0 Å². The third-order valence-electron chi connectivity index (χ3n) is 4.71. The van der Waals surface area contributed by atoms with E-state index in [2.05, 4.69) is 11.8 Å². The second kappa shape index (κ2) is 5.78. The van der Waals surface area contributed by atoms with Gasteiger partial charge in [-0.1, -0.05) is 13.0 Å². The van der Waals surface area contributed by atoms with Crippen LogP contribution >= 0.6 is 0 Å². The minimum absolute atomic E-state index is 0.165. The largest absolute Gasteiger partial charge is 0.381 e. The van der Waals surface area contributed by atoms with E-state index < -0.39 is 11.6 Å². The molecular weight excluding hydrogens is 260 g/mol. The van der Waals surface area contributed by atoms with Crippen LogP contribution in [-0.2, 0) is 4.74 Å². The van der Waals surface area contributed by atoms with E-state index in [0.29, 0.717) is 17.5 Å². The normalized spacial score (nSPS) is 28.9. The highest BCUT2D eigenvalue weighted by atomic mass is 19.1. The van der Waals surface area contributed by atoms with Gasteiger partial charge in [0.2, 0.25) is 0 Å². The molecular formula is C16H21F2NO. The molecule has 3 rings (SSSR count). The third kappa shape index (κ3) is 2.72. The quantitative estimate of drug-likeness (QED) is 0.825. The van der Waals surface area contributed by atoms with Crippen molar-refractivity contribution >= 4 is 0 Å². The predicted molar refractivity (Wildman–Crippen MR) is 73.7 cm³/mol. The molecule has 2 nitrogen and oxygen atoms in total. The molecule has 1 aromatic carbocycles. The number of rotatable bonds is 2. The Morgan fingerprint density at radius 2 is 1.90 bits per heavy atom. The number of likely N-dealkylation sites (tertiary alicyclic amines) is 1. The lowest BCUT2D eigenvalue weighted by atomic mass is 9.90. The molecule has 20 heavy (non-hydrogen) atoms. The van der Waals surface area contributed by atoms with E-state index in [1.165, 1.54) is 6.07 Å². The zero-order valence-electron chi connectivity index (χ0n) is 11.8. The topological polar surface area (TPSA) is 12.5 Å². The molecule has 0 spiro atoms. The molecule has 0 saturated carbocycles. The van der Waals surface area contributed by atoms with Gasteiger partial charge in [-0.2, -0.15) is 0 Å². The summed E-state index contributed by atoms with van der Waals surface area (Å²) in [4.78, 5) is 2.46. The molecule has 2 unspecified atom stereocenters.